The number of hydrogen-bond donors (Lipinski definition) is 0. The Hall–Kier alpha value is -2.54. The van der Waals surface area contributed by atoms with Gasteiger partial charge >= 0.3 is 6.03 Å². The van der Waals surface area contributed by atoms with Crippen molar-refractivity contribution in [2.75, 3.05) is 46.9 Å². The van der Waals surface area contributed by atoms with Gasteiger partial charge in [0.2, 0.25) is 0 Å². The number of carbonyl (C=O) groups is 1. The monoisotopic (exact) mass is 371 g/mol. The van der Waals surface area contributed by atoms with Gasteiger partial charge in [-0.15, -0.1) is 0 Å². The van der Waals surface area contributed by atoms with Gasteiger partial charge in [0.15, 0.2) is 0 Å². The van der Waals surface area contributed by atoms with Crippen LogP contribution >= 0.6 is 0 Å². The van der Waals surface area contributed by atoms with Crippen molar-refractivity contribution in [1.29, 1.82) is 0 Å². The smallest absolute Gasteiger partial charge is 0.319 e. The lowest BCUT2D eigenvalue weighted by Crippen LogP contribution is -2.51. The molecule has 2 amide bonds. The zero-order chi connectivity index (χ0) is 19.1. The molecule has 1 aromatic heterocycles. The molecule has 0 N–H and O–H groups in total. The van der Waals surface area contributed by atoms with Gasteiger partial charge in [-0.1, -0.05) is 18.2 Å². The predicted octanol–water partition coefficient (Wildman–Crippen LogP) is 2.15. The van der Waals surface area contributed by atoms with E-state index in [4.69, 9.17) is 4.74 Å². The summed E-state index contributed by atoms with van der Waals surface area (Å²) in [5, 5.41) is 0. The number of urea groups is 1. The summed E-state index contributed by atoms with van der Waals surface area (Å²) in [5.41, 5.74) is 1.20. The number of aryl methyl sites for hydroxylation is 1. The lowest BCUT2D eigenvalue weighted by molar-refractivity contribution is 0.119. The van der Waals surface area contributed by atoms with Crippen LogP contribution in [0, 0.1) is 0 Å². The van der Waals surface area contributed by atoms with Crippen LogP contribution < -0.4 is 4.74 Å². The zero-order valence-electron chi connectivity index (χ0n) is 16.3. The van der Waals surface area contributed by atoms with Crippen molar-refractivity contribution >= 4 is 6.03 Å². The summed E-state index contributed by atoms with van der Waals surface area (Å²) in [6.45, 7) is 5.74. The first kappa shape index (κ1) is 19.2. The number of carbonyl (C=O) groups excluding carboxylic acids is 1. The van der Waals surface area contributed by atoms with E-state index in [1.165, 1.54) is 5.56 Å². The Bertz CT molecular complexity index is 709. The summed E-state index contributed by atoms with van der Waals surface area (Å²) >= 11 is 0. The molecule has 0 atom stereocenters. The van der Waals surface area contributed by atoms with Crippen LogP contribution in [0.2, 0.25) is 0 Å². The van der Waals surface area contributed by atoms with Crippen LogP contribution in [-0.4, -0.2) is 77.2 Å². The quantitative estimate of drug-likeness (QED) is 0.700. The second-order valence-corrected chi connectivity index (χ2v) is 7.05. The SMILES string of the molecule is CN(C)C(=O)N1CCN(Cc2ccccc2OCCCn2ccnc2)CC1. The van der Waals surface area contributed by atoms with Gasteiger partial charge in [-0.3, -0.25) is 4.90 Å². The van der Waals surface area contributed by atoms with Crippen LogP contribution in [-0.2, 0) is 13.1 Å². The summed E-state index contributed by atoms with van der Waals surface area (Å²) in [6, 6.07) is 8.33. The van der Waals surface area contributed by atoms with Crippen molar-refractivity contribution < 1.29 is 9.53 Å². The summed E-state index contributed by atoms with van der Waals surface area (Å²) in [6.07, 6.45) is 6.53. The molecule has 1 fully saturated rings. The van der Waals surface area contributed by atoms with E-state index in [9.17, 15) is 4.79 Å². The third-order valence-corrected chi connectivity index (χ3v) is 4.77. The average molecular weight is 371 g/mol. The Labute approximate surface area is 161 Å². The number of benzene rings is 1. The van der Waals surface area contributed by atoms with Gasteiger partial charge in [-0.05, 0) is 12.5 Å². The fourth-order valence-electron chi connectivity index (χ4n) is 3.24. The Morgan fingerprint density at radius 3 is 2.67 bits per heavy atom. The van der Waals surface area contributed by atoms with E-state index in [0.717, 1.165) is 51.4 Å². The maximum Gasteiger partial charge on any atom is 0.319 e. The van der Waals surface area contributed by atoms with Gasteiger partial charge in [0.05, 0.1) is 12.9 Å². The number of ether oxygens (including phenoxy) is 1. The van der Waals surface area contributed by atoms with Crippen molar-refractivity contribution in [3.05, 3.63) is 48.5 Å². The van der Waals surface area contributed by atoms with E-state index >= 15 is 0 Å². The largest absolute Gasteiger partial charge is 0.493 e. The highest BCUT2D eigenvalue weighted by molar-refractivity contribution is 5.73. The first-order chi connectivity index (χ1) is 13.1. The molecule has 2 aromatic rings. The lowest BCUT2D eigenvalue weighted by atomic mass is 10.1. The van der Waals surface area contributed by atoms with Gasteiger partial charge < -0.3 is 19.1 Å². The van der Waals surface area contributed by atoms with Crippen LogP contribution in [0.15, 0.2) is 43.0 Å². The van der Waals surface area contributed by atoms with E-state index in [-0.39, 0.29) is 6.03 Å². The minimum Gasteiger partial charge on any atom is -0.493 e. The highest BCUT2D eigenvalue weighted by atomic mass is 16.5. The van der Waals surface area contributed by atoms with Crippen LogP contribution in [0.25, 0.3) is 0 Å². The molecule has 0 bridgehead atoms. The molecular weight excluding hydrogens is 342 g/mol. The number of para-hydroxylation sites is 1. The Balaban J connectivity index is 1.47. The number of nitrogens with zero attached hydrogens (tertiary/aromatic N) is 5. The summed E-state index contributed by atoms with van der Waals surface area (Å²) in [5.74, 6) is 0.954. The summed E-state index contributed by atoms with van der Waals surface area (Å²) in [7, 11) is 3.60. The average Bonchev–Trinajstić information content (AvgIpc) is 3.20. The highest BCUT2D eigenvalue weighted by Gasteiger charge is 2.22. The molecule has 1 aliphatic rings. The van der Waals surface area contributed by atoms with Crippen LogP contribution in [0.4, 0.5) is 4.79 Å². The molecular formula is C20H29N5O2. The minimum absolute atomic E-state index is 0.0938. The molecule has 7 heteroatoms. The van der Waals surface area contributed by atoms with E-state index in [1.807, 2.05) is 29.6 Å². The second kappa shape index (κ2) is 9.41. The molecule has 0 aliphatic carbocycles. The van der Waals surface area contributed by atoms with E-state index < -0.39 is 0 Å². The molecule has 0 radical (unpaired) electrons. The number of rotatable bonds is 7. The molecule has 1 saturated heterocycles. The molecule has 27 heavy (non-hydrogen) atoms. The lowest BCUT2D eigenvalue weighted by Gasteiger charge is -2.36. The molecule has 0 spiro atoms. The fourth-order valence-corrected chi connectivity index (χ4v) is 3.24. The predicted molar refractivity (Wildman–Crippen MR) is 105 cm³/mol. The Morgan fingerprint density at radius 1 is 1.19 bits per heavy atom. The molecule has 0 unspecified atom stereocenters. The van der Waals surface area contributed by atoms with Gasteiger partial charge in [-0.25, -0.2) is 9.78 Å². The highest BCUT2D eigenvalue weighted by Crippen LogP contribution is 2.21. The van der Waals surface area contributed by atoms with Crippen molar-refractivity contribution in [2.24, 2.45) is 0 Å². The first-order valence-electron chi connectivity index (χ1n) is 9.48. The maximum absolute atomic E-state index is 12.1. The maximum atomic E-state index is 12.1. The minimum atomic E-state index is 0.0938. The standard InChI is InChI=1S/C20H29N5O2/c1-22(2)20(26)25-13-11-23(12-14-25)16-18-6-3-4-7-19(18)27-15-5-9-24-10-8-21-17-24/h3-4,6-8,10,17H,5,9,11-16H2,1-2H3. The van der Waals surface area contributed by atoms with Gasteiger partial charge in [-0.2, -0.15) is 0 Å². The van der Waals surface area contributed by atoms with Crippen LogP contribution in [0.5, 0.6) is 5.75 Å². The van der Waals surface area contributed by atoms with E-state index in [1.54, 1.807) is 25.2 Å². The van der Waals surface area contributed by atoms with E-state index in [2.05, 4.69) is 26.6 Å². The summed E-state index contributed by atoms with van der Waals surface area (Å²) in [4.78, 5) is 22.0. The van der Waals surface area contributed by atoms with Crippen molar-refractivity contribution in [3.8, 4) is 5.75 Å². The molecule has 0 saturated carbocycles. The first-order valence-corrected chi connectivity index (χ1v) is 9.48. The second-order valence-electron chi connectivity index (χ2n) is 7.05. The van der Waals surface area contributed by atoms with Crippen LogP contribution in [0.1, 0.15) is 12.0 Å². The Kier molecular flexibility index (Phi) is 6.70. The number of hydrogen-bond acceptors (Lipinski definition) is 4. The molecule has 2 heterocycles. The summed E-state index contributed by atoms with van der Waals surface area (Å²) < 4.78 is 8.10. The zero-order valence-corrected chi connectivity index (χ0v) is 16.3. The fraction of sp³-hybridized carbons (Fsp3) is 0.500. The van der Waals surface area contributed by atoms with Crippen LogP contribution in [0.3, 0.4) is 0 Å². The third kappa shape index (κ3) is 5.47. The molecule has 3 rings (SSSR count). The molecule has 7 nitrogen and oxygen atoms in total. The number of amides is 2. The number of piperazine rings is 1. The number of aromatic nitrogens is 2. The van der Waals surface area contributed by atoms with Crippen molar-refractivity contribution in [3.63, 3.8) is 0 Å². The molecule has 1 aliphatic heterocycles. The topological polar surface area (TPSA) is 53.8 Å². The number of imidazole rings is 1. The van der Waals surface area contributed by atoms with Crippen molar-refractivity contribution in [1.82, 2.24) is 24.3 Å². The molecule has 1 aromatic carbocycles. The van der Waals surface area contributed by atoms with Gasteiger partial charge in [0.1, 0.15) is 5.75 Å². The van der Waals surface area contributed by atoms with Gasteiger partial charge in [0, 0.05) is 71.3 Å². The normalized spacial score (nSPS) is 15.0. The Morgan fingerprint density at radius 2 is 1.96 bits per heavy atom. The van der Waals surface area contributed by atoms with Crippen molar-refractivity contribution in [2.45, 2.75) is 19.5 Å². The third-order valence-electron chi connectivity index (χ3n) is 4.77. The van der Waals surface area contributed by atoms with Gasteiger partial charge in [0.25, 0.3) is 0 Å². The van der Waals surface area contributed by atoms with E-state index in [0.29, 0.717) is 6.61 Å². The molecule has 146 valence electrons.